The smallest absolute Gasteiger partial charge is 0.211 e. The Morgan fingerprint density at radius 3 is 2.24 bits per heavy atom. The van der Waals surface area contributed by atoms with Crippen molar-refractivity contribution in [3.8, 4) is 0 Å². The average Bonchev–Trinajstić information content (AvgIpc) is 2.53. The standard InChI is InChI=1S/C19H13NO/c21-12-20-18-7-3-6-13-8-9-16-10-14-4-1-2-5-15(14)11-17(16)19(13)18/h1-12H,(H,20,21). The van der Waals surface area contributed by atoms with Gasteiger partial charge in [-0.05, 0) is 45.1 Å². The number of fused-ring (bicyclic) bond motifs is 4. The van der Waals surface area contributed by atoms with Crippen LogP contribution < -0.4 is 5.32 Å². The van der Waals surface area contributed by atoms with Crippen LogP contribution in [0.4, 0.5) is 5.69 Å². The maximum Gasteiger partial charge on any atom is 0.211 e. The molecule has 0 atom stereocenters. The second-order valence-electron chi connectivity index (χ2n) is 5.15. The molecule has 0 aliphatic carbocycles. The van der Waals surface area contributed by atoms with Gasteiger partial charge in [-0.25, -0.2) is 0 Å². The first-order valence-corrected chi connectivity index (χ1v) is 6.91. The zero-order valence-corrected chi connectivity index (χ0v) is 11.3. The molecule has 4 aromatic carbocycles. The molecule has 100 valence electrons. The van der Waals surface area contributed by atoms with Crippen LogP contribution in [0.3, 0.4) is 0 Å². The van der Waals surface area contributed by atoms with Crippen molar-refractivity contribution in [3.63, 3.8) is 0 Å². The van der Waals surface area contributed by atoms with Crippen LogP contribution in [0.2, 0.25) is 0 Å². The summed E-state index contributed by atoms with van der Waals surface area (Å²) in [5, 5.41) is 9.81. The monoisotopic (exact) mass is 271 g/mol. The first kappa shape index (κ1) is 11.9. The molecule has 0 heterocycles. The van der Waals surface area contributed by atoms with E-state index in [1.807, 2.05) is 18.2 Å². The molecular weight excluding hydrogens is 258 g/mol. The number of benzene rings is 4. The minimum Gasteiger partial charge on any atom is -0.328 e. The SMILES string of the molecule is O=CNc1cccc2ccc3cc4ccccc4cc3c12. The third-order valence-corrected chi connectivity index (χ3v) is 3.94. The Hall–Kier alpha value is -2.87. The highest BCUT2D eigenvalue weighted by Gasteiger charge is 2.06. The lowest BCUT2D eigenvalue weighted by atomic mass is 9.97. The fourth-order valence-electron chi connectivity index (χ4n) is 2.99. The molecule has 0 bridgehead atoms. The molecule has 0 unspecified atom stereocenters. The van der Waals surface area contributed by atoms with Crippen LogP contribution in [0.25, 0.3) is 32.3 Å². The Morgan fingerprint density at radius 2 is 1.43 bits per heavy atom. The predicted molar refractivity (Wildman–Crippen MR) is 88.6 cm³/mol. The van der Waals surface area contributed by atoms with Gasteiger partial charge in [0.25, 0.3) is 0 Å². The highest BCUT2D eigenvalue weighted by atomic mass is 16.1. The lowest BCUT2D eigenvalue weighted by molar-refractivity contribution is -0.105. The van der Waals surface area contributed by atoms with Gasteiger partial charge in [0.05, 0.1) is 0 Å². The molecule has 2 nitrogen and oxygen atoms in total. The molecule has 0 saturated carbocycles. The summed E-state index contributed by atoms with van der Waals surface area (Å²) in [6.45, 7) is 0. The van der Waals surface area contributed by atoms with E-state index < -0.39 is 0 Å². The fraction of sp³-hybridized carbons (Fsp3) is 0. The Morgan fingerprint density at radius 1 is 0.714 bits per heavy atom. The van der Waals surface area contributed by atoms with Crippen LogP contribution in [0.1, 0.15) is 0 Å². The number of anilines is 1. The summed E-state index contributed by atoms with van der Waals surface area (Å²) in [6.07, 6.45) is 0.731. The van der Waals surface area contributed by atoms with Crippen LogP contribution in [-0.4, -0.2) is 6.41 Å². The number of hydrogen-bond acceptors (Lipinski definition) is 1. The van der Waals surface area contributed by atoms with Crippen molar-refractivity contribution in [2.75, 3.05) is 5.32 Å². The summed E-state index contributed by atoms with van der Waals surface area (Å²) < 4.78 is 0. The normalized spacial score (nSPS) is 11.0. The molecule has 0 aromatic heterocycles. The minimum atomic E-state index is 0.731. The van der Waals surface area contributed by atoms with Gasteiger partial charge in [-0.15, -0.1) is 0 Å². The van der Waals surface area contributed by atoms with E-state index in [4.69, 9.17) is 0 Å². The molecule has 4 aromatic rings. The third-order valence-electron chi connectivity index (χ3n) is 3.94. The second-order valence-corrected chi connectivity index (χ2v) is 5.15. The molecule has 1 N–H and O–H groups in total. The molecule has 0 fully saturated rings. The summed E-state index contributed by atoms with van der Waals surface area (Å²) in [7, 11) is 0. The molecule has 0 aliphatic rings. The van der Waals surface area contributed by atoms with Crippen LogP contribution in [0.15, 0.2) is 66.7 Å². The first-order valence-electron chi connectivity index (χ1n) is 6.91. The molecule has 0 spiro atoms. The van der Waals surface area contributed by atoms with Crippen molar-refractivity contribution in [1.29, 1.82) is 0 Å². The Kier molecular flexibility index (Phi) is 2.61. The topological polar surface area (TPSA) is 29.1 Å². The number of amides is 1. The summed E-state index contributed by atoms with van der Waals surface area (Å²) in [6, 6.07) is 22.9. The van der Waals surface area contributed by atoms with E-state index in [0.717, 1.165) is 28.3 Å². The van der Waals surface area contributed by atoms with Gasteiger partial charge in [0.15, 0.2) is 0 Å². The van der Waals surface area contributed by atoms with E-state index >= 15 is 0 Å². The zero-order chi connectivity index (χ0) is 14.2. The van der Waals surface area contributed by atoms with Gasteiger partial charge in [0.2, 0.25) is 6.41 Å². The maximum atomic E-state index is 10.9. The van der Waals surface area contributed by atoms with Crippen LogP contribution in [0, 0.1) is 0 Å². The van der Waals surface area contributed by atoms with E-state index in [1.54, 1.807) is 0 Å². The van der Waals surface area contributed by atoms with Crippen LogP contribution in [-0.2, 0) is 4.79 Å². The van der Waals surface area contributed by atoms with E-state index in [9.17, 15) is 4.79 Å². The highest BCUT2D eigenvalue weighted by molar-refractivity contribution is 6.17. The molecule has 0 saturated heterocycles. The minimum absolute atomic E-state index is 0.731. The van der Waals surface area contributed by atoms with Gasteiger partial charge in [-0.1, -0.05) is 48.5 Å². The van der Waals surface area contributed by atoms with E-state index in [2.05, 4.69) is 53.8 Å². The van der Waals surface area contributed by atoms with Gasteiger partial charge in [0.1, 0.15) is 0 Å². The summed E-state index contributed by atoms with van der Waals surface area (Å²) in [4.78, 5) is 10.9. The fourth-order valence-corrected chi connectivity index (χ4v) is 2.99. The van der Waals surface area contributed by atoms with Crippen molar-refractivity contribution < 1.29 is 4.79 Å². The zero-order valence-electron chi connectivity index (χ0n) is 11.3. The molecule has 1 amide bonds. The Labute approximate surface area is 122 Å². The molecule has 0 radical (unpaired) electrons. The van der Waals surface area contributed by atoms with Gasteiger partial charge in [-0.2, -0.15) is 0 Å². The predicted octanol–water partition coefficient (Wildman–Crippen LogP) is 4.71. The first-order chi connectivity index (χ1) is 10.4. The van der Waals surface area contributed by atoms with Crippen molar-refractivity contribution in [3.05, 3.63) is 66.7 Å². The maximum absolute atomic E-state index is 10.9. The number of rotatable bonds is 2. The molecule has 21 heavy (non-hydrogen) atoms. The summed E-state index contributed by atoms with van der Waals surface area (Å²) in [5.74, 6) is 0. The Bertz CT molecular complexity index is 988. The van der Waals surface area contributed by atoms with Gasteiger partial charge >= 0.3 is 0 Å². The third kappa shape index (κ3) is 1.84. The quantitative estimate of drug-likeness (QED) is 0.319. The van der Waals surface area contributed by atoms with Gasteiger partial charge in [0, 0.05) is 11.1 Å². The lowest BCUT2D eigenvalue weighted by Gasteiger charge is -2.10. The second kappa shape index (κ2) is 4.60. The van der Waals surface area contributed by atoms with Crippen LogP contribution >= 0.6 is 0 Å². The number of hydrogen-bond donors (Lipinski definition) is 1. The van der Waals surface area contributed by atoms with E-state index in [-0.39, 0.29) is 0 Å². The lowest BCUT2D eigenvalue weighted by Crippen LogP contribution is -1.94. The molecule has 4 rings (SSSR count). The average molecular weight is 271 g/mol. The molecule has 2 heteroatoms. The largest absolute Gasteiger partial charge is 0.328 e. The van der Waals surface area contributed by atoms with E-state index in [0.29, 0.717) is 0 Å². The summed E-state index contributed by atoms with van der Waals surface area (Å²) >= 11 is 0. The summed E-state index contributed by atoms with van der Waals surface area (Å²) in [5.41, 5.74) is 0.850. The van der Waals surface area contributed by atoms with Gasteiger partial charge < -0.3 is 5.32 Å². The van der Waals surface area contributed by atoms with Crippen molar-refractivity contribution >= 4 is 44.4 Å². The van der Waals surface area contributed by atoms with Crippen molar-refractivity contribution in [2.45, 2.75) is 0 Å². The van der Waals surface area contributed by atoms with Crippen molar-refractivity contribution in [2.24, 2.45) is 0 Å². The number of nitrogens with one attached hydrogen (secondary N) is 1. The van der Waals surface area contributed by atoms with Crippen LogP contribution in [0.5, 0.6) is 0 Å². The molecular formula is C19H13NO. The van der Waals surface area contributed by atoms with Crippen molar-refractivity contribution in [1.82, 2.24) is 0 Å². The number of carbonyl (C=O) groups is 1. The molecule has 0 aliphatic heterocycles. The Balaban J connectivity index is 2.20. The highest BCUT2D eigenvalue weighted by Crippen LogP contribution is 2.33. The van der Waals surface area contributed by atoms with E-state index in [1.165, 1.54) is 16.2 Å². The van der Waals surface area contributed by atoms with Gasteiger partial charge in [-0.3, -0.25) is 4.79 Å². The number of carbonyl (C=O) groups excluding carboxylic acids is 1.